The molecule has 0 saturated heterocycles. The van der Waals surface area contributed by atoms with Gasteiger partial charge in [-0.1, -0.05) is 6.07 Å². The molecule has 0 heterocycles. The normalized spacial score (nSPS) is 21.8. The third-order valence-corrected chi connectivity index (χ3v) is 3.87. The lowest BCUT2D eigenvalue weighted by molar-refractivity contribution is 0.116. The Hall–Kier alpha value is -1.22. The van der Waals surface area contributed by atoms with Crippen molar-refractivity contribution in [3.8, 4) is 11.5 Å². The third-order valence-electron chi connectivity index (χ3n) is 3.87. The van der Waals surface area contributed by atoms with Crippen molar-refractivity contribution >= 4 is 0 Å². The van der Waals surface area contributed by atoms with Crippen LogP contribution in [-0.2, 0) is 5.54 Å². The van der Waals surface area contributed by atoms with Gasteiger partial charge in [0.2, 0.25) is 0 Å². The average Bonchev–Trinajstić information content (AvgIpc) is 3.03. The molecule has 2 fully saturated rings. The summed E-state index contributed by atoms with van der Waals surface area (Å²) in [6.45, 7) is 0. The first-order valence-corrected chi connectivity index (χ1v) is 6.35. The van der Waals surface area contributed by atoms with Gasteiger partial charge in [-0.05, 0) is 49.8 Å². The van der Waals surface area contributed by atoms with E-state index in [0.29, 0.717) is 6.10 Å². The fraction of sp³-hybridized carbons (Fsp3) is 0.571. The Morgan fingerprint density at radius 2 is 2.00 bits per heavy atom. The molecule has 0 radical (unpaired) electrons. The Labute approximate surface area is 102 Å². The van der Waals surface area contributed by atoms with Crippen molar-refractivity contribution in [1.82, 2.24) is 0 Å². The van der Waals surface area contributed by atoms with Crippen molar-refractivity contribution in [3.05, 3.63) is 23.8 Å². The molecular weight excluding hydrogens is 214 g/mol. The van der Waals surface area contributed by atoms with Gasteiger partial charge in [0, 0.05) is 5.54 Å². The van der Waals surface area contributed by atoms with Crippen LogP contribution in [0.1, 0.15) is 37.7 Å². The Morgan fingerprint density at radius 3 is 2.53 bits per heavy atom. The van der Waals surface area contributed by atoms with Gasteiger partial charge in [-0.2, -0.15) is 0 Å². The second-order valence-corrected chi connectivity index (χ2v) is 5.19. The Balaban J connectivity index is 1.83. The maximum absolute atomic E-state index is 6.18. The highest BCUT2D eigenvalue weighted by Gasteiger charge is 2.40. The molecule has 0 amide bonds. The molecule has 17 heavy (non-hydrogen) atoms. The Morgan fingerprint density at radius 1 is 1.24 bits per heavy atom. The van der Waals surface area contributed by atoms with Crippen LogP contribution in [0.15, 0.2) is 18.2 Å². The van der Waals surface area contributed by atoms with Crippen molar-refractivity contribution < 1.29 is 9.47 Å². The van der Waals surface area contributed by atoms with Gasteiger partial charge < -0.3 is 15.2 Å². The quantitative estimate of drug-likeness (QED) is 0.869. The molecule has 92 valence electrons. The van der Waals surface area contributed by atoms with Crippen molar-refractivity contribution in [2.45, 2.75) is 43.7 Å². The molecule has 1 aromatic carbocycles. The molecule has 3 nitrogen and oxygen atoms in total. The molecule has 2 aliphatic rings. The maximum atomic E-state index is 6.18. The monoisotopic (exact) mass is 233 g/mol. The lowest BCUT2D eigenvalue weighted by Crippen LogP contribution is -2.25. The molecule has 2 aliphatic carbocycles. The topological polar surface area (TPSA) is 44.5 Å². The summed E-state index contributed by atoms with van der Waals surface area (Å²) in [6, 6.07) is 6.10. The van der Waals surface area contributed by atoms with Gasteiger partial charge in [0.1, 0.15) is 0 Å². The second-order valence-electron chi connectivity index (χ2n) is 5.19. The molecule has 0 bridgehead atoms. The van der Waals surface area contributed by atoms with E-state index in [1.54, 1.807) is 7.11 Å². The van der Waals surface area contributed by atoms with Crippen LogP contribution in [0.25, 0.3) is 0 Å². The summed E-state index contributed by atoms with van der Waals surface area (Å²) >= 11 is 0. The van der Waals surface area contributed by atoms with E-state index < -0.39 is 0 Å². The zero-order valence-electron chi connectivity index (χ0n) is 10.2. The minimum Gasteiger partial charge on any atom is -0.493 e. The molecule has 1 aromatic rings. The van der Waals surface area contributed by atoms with Gasteiger partial charge in [-0.25, -0.2) is 0 Å². The van der Waals surface area contributed by atoms with Gasteiger partial charge in [0.05, 0.1) is 13.2 Å². The molecule has 0 aliphatic heterocycles. The van der Waals surface area contributed by atoms with Crippen LogP contribution in [0.3, 0.4) is 0 Å². The van der Waals surface area contributed by atoms with E-state index in [2.05, 4.69) is 6.07 Å². The van der Waals surface area contributed by atoms with Crippen molar-refractivity contribution in [1.29, 1.82) is 0 Å². The fourth-order valence-corrected chi connectivity index (χ4v) is 2.17. The largest absolute Gasteiger partial charge is 0.493 e. The summed E-state index contributed by atoms with van der Waals surface area (Å²) in [5.41, 5.74) is 7.24. The average molecular weight is 233 g/mol. The number of benzene rings is 1. The number of hydrogen-bond acceptors (Lipinski definition) is 3. The zero-order valence-corrected chi connectivity index (χ0v) is 10.2. The number of rotatable bonds is 4. The highest BCUT2D eigenvalue weighted by molar-refractivity contribution is 5.46. The summed E-state index contributed by atoms with van der Waals surface area (Å²) in [7, 11) is 1.68. The maximum Gasteiger partial charge on any atom is 0.161 e. The van der Waals surface area contributed by atoms with E-state index in [4.69, 9.17) is 15.2 Å². The van der Waals surface area contributed by atoms with Crippen LogP contribution >= 0.6 is 0 Å². The first-order valence-electron chi connectivity index (χ1n) is 6.35. The third kappa shape index (κ3) is 2.00. The van der Waals surface area contributed by atoms with E-state index >= 15 is 0 Å². The summed E-state index contributed by atoms with van der Waals surface area (Å²) in [6.07, 6.45) is 6.11. The molecule has 0 unspecified atom stereocenters. The highest BCUT2D eigenvalue weighted by Crippen LogP contribution is 2.45. The zero-order chi connectivity index (χ0) is 11.9. The van der Waals surface area contributed by atoms with E-state index in [-0.39, 0.29) is 5.54 Å². The molecule has 2 saturated carbocycles. The minimum absolute atomic E-state index is 0.109. The second kappa shape index (κ2) is 3.91. The van der Waals surface area contributed by atoms with Crippen LogP contribution in [0, 0.1) is 0 Å². The van der Waals surface area contributed by atoms with Crippen LogP contribution in [0.2, 0.25) is 0 Å². The van der Waals surface area contributed by atoms with Crippen molar-refractivity contribution in [3.63, 3.8) is 0 Å². The molecule has 0 aromatic heterocycles. The fourth-order valence-electron chi connectivity index (χ4n) is 2.17. The van der Waals surface area contributed by atoms with Crippen LogP contribution in [-0.4, -0.2) is 13.2 Å². The van der Waals surface area contributed by atoms with Crippen LogP contribution in [0.4, 0.5) is 0 Å². The molecule has 0 atom stereocenters. The van der Waals surface area contributed by atoms with Gasteiger partial charge in [-0.15, -0.1) is 0 Å². The number of methoxy groups -OCH3 is 1. The van der Waals surface area contributed by atoms with E-state index in [0.717, 1.165) is 42.7 Å². The van der Waals surface area contributed by atoms with Crippen LogP contribution in [0.5, 0.6) is 11.5 Å². The number of nitrogens with two attached hydrogens (primary N) is 1. The van der Waals surface area contributed by atoms with E-state index in [1.165, 1.54) is 6.42 Å². The molecule has 0 spiro atoms. The number of ether oxygens (including phenoxy) is 2. The van der Waals surface area contributed by atoms with Gasteiger partial charge in [0.25, 0.3) is 0 Å². The van der Waals surface area contributed by atoms with Crippen molar-refractivity contribution in [2.24, 2.45) is 5.73 Å². The predicted octanol–water partition coefficient (Wildman–Crippen LogP) is 2.57. The Kier molecular flexibility index (Phi) is 2.51. The predicted molar refractivity (Wildman–Crippen MR) is 66.4 cm³/mol. The van der Waals surface area contributed by atoms with Gasteiger partial charge >= 0.3 is 0 Å². The first kappa shape index (κ1) is 10.9. The lowest BCUT2D eigenvalue weighted by Gasteiger charge is -2.27. The summed E-state index contributed by atoms with van der Waals surface area (Å²) in [5.74, 6) is 1.66. The molecule has 2 N–H and O–H groups in total. The molecular formula is C14H19NO2. The molecule has 3 heteroatoms. The Bertz CT molecular complexity index is 422. The first-order chi connectivity index (χ1) is 8.21. The van der Waals surface area contributed by atoms with Crippen LogP contribution < -0.4 is 15.2 Å². The smallest absolute Gasteiger partial charge is 0.161 e. The molecule has 3 rings (SSSR count). The van der Waals surface area contributed by atoms with Gasteiger partial charge in [-0.3, -0.25) is 0 Å². The summed E-state index contributed by atoms with van der Waals surface area (Å²) < 4.78 is 11.3. The lowest BCUT2D eigenvalue weighted by atomic mass is 9.96. The summed E-state index contributed by atoms with van der Waals surface area (Å²) in [5, 5.41) is 0. The van der Waals surface area contributed by atoms with E-state index in [9.17, 15) is 0 Å². The minimum atomic E-state index is -0.109. The van der Waals surface area contributed by atoms with Crippen molar-refractivity contribution in [2.75, 3.05) is 7.11 Å². The van der Waals surface area contributed by atoms with Gasteiger partial charge in [0.15, 0.2) is 11.5 Å². The summed E-state index contributed by atoms with van der Waals surface area (Å²) in [4.78, 5) is 0. The standard InChI is InChI=1S/C14H19NO2/c1-16-13-9-10(14(15)7-8-14)5-6-12(13)17-11-3-2-4-11/h5-6,9,11H,2-4,7-8,15H2,1H3. The highest BCUT2D eigenvalue weighted by atomic mass is 16.5. The van der Waals surface area contributed by atoms with E-state index in [1.807, 2.05) is 12.1 Å². The number of hydrogen-bond donors (Lipinski definition) is 1. The SMILES string of the molecule is COc1cc(C2(N)CC2)ccc1OC1CCC1.